The lowest BCUT2D eigenvalue weighted by atomic mass is 10.1. The summed E-state index contributed by atoms with van der Waals surface area (Å²) in [7, 11) is 2.00. The topological polar surface area (TPSA) is 22.8 Å². The fraction of sp³-hybridized carbons (Fsp3) is 0.429. The van der Waals surface area contributed by atoms with E-state index in [9.17, 15) is 0 Å². The lowest BCUT2D eigenvalue weighted by Crippen LogP contribution is -2.04. The Hall–Kier alpha value is -0.940. The van der Waals surface area contributed by atoms with Crippen LogP contribution in [0.2, 0.25) is 0 Å². The maximum atomic E-state index is 5.43. The largest absolute Gasteiger partial charge is 0.333 e. The second-order valence-corrected chi connectivity index (χ2v) is 5.59. The number of hydrogen-bond acceptors (Lipinski definition) is 2. The maximum Gasteiger partial charge on any atom is 0.110 e. The molecule has 0 atom stereocenters. The van der Waals surface area contributed by atoms with Crippen LogP contribution in [-0.4, -0.2) is 14.3 Å². The third-order valence-corrected chi connectivity index (χ3v) is 4.29. The zero-order valence-electron chi connectivity index (χ0n) is 11.0. The van der Waals surface area contributed by atoms with Crippen LogP contribution in [0.15, 0.2) is 16.7 Å². The molecule has 3 nitrogen and oxygen atoms in total. The van der Waals surface area contributed by atoms with Gasteiger partial charge in [0, 0.05) is 19.7 Å². The summed E-state index contributed by atoms with van der Waals surface area (Å²) in [4.78, 5) is 0. The number of aromatic nitrogens is 3. The summed E-state index contributed by atoms with van der Waals surface area (Å²) < 4.78 is 5.82. The fourth-order valence-corrected chi connectivity index (χ4v) is 2.89. The van der Waals surface area contributed by atoms with Crippen LogP contribution < -0.4 is 0 Å². The molecule has 2 aromatic rings. The number of nitrogens with zero attached hydrogens (tertiary/aromatic N) is 3. The lowest BCUT2D eigenvalue weighted by Gasteiger charge is -2.12. The van der Waals surface area contributed by atoms with Gasteiger partial charge in [0.05, 0.1) is 5.69 Å². The van der Waals surface area contributed by atoms with Crippen molar-refractivity contribution in [1.82, 2.24) is 14.3 Å². The molecule has 5 heteroatoms. The number of rotatable bonds is 2. The van der Waals surface area contributed by atoms with E-state index in [1.165, 1.54) is 5.56 Å². The lowest BCUT2D eigenvalue weighted by molar-refractivity contribution is 0.646. The summed E-state index contributed by atoms with van der Waals surface area (Å²) in [6, 6.07) is 4.16. The first-order valence-electron chi connectivity index (χ1n) is 5.86. The second-order valence-electron chi connectivity index (χ2n) is 4.39. The maximum absolute atomic E-state index is 5.43. The normalized spacial score (nSPS) is 10.4. The first-order valence-corrected chi connectivity index (χ1v) is 7.06. The summed E-state index contributed by atoms with van der Waals surface area (Å²) in [6.45, 7) is 7.05. The highest BCUT2D eigenvalue weighted by Crippen LogP contribution is 2.26. The molecule has 0 saturated heterocycles. The zero-order valence-corrected chi connectivity index (χ0v) is 13.4. The van der Waals surface area contributed by atoms with E-state index in [0.717, 1.165) is 32.7 Å². The molecule has 0 fully saturated rings. The third-order valence-electron chi connectivity index (χ3n) is 3.06. The summed E-state index contributed by atoms with van der Waals surface area (Å²) >= 11 is 8.95. The molecule has 0 aromatic carbocycles. The average Bonchev–Trinajstić information content (AvgIpc) is 2.67. The molecule has 0 saturated carbocycles. The van der Waals surface area contributed by atoms with Crippen LogP contribution >= 0.6 is 28.1 Å². The van der Waals surface area contributed by atoms with E-state index >= 15 is 0 Å². The molecule has 2 rings (SSSR count). The third kappa shape index (κ3) is 2.82. The average molecular weight is 342 g/mol. The van der Waals surface area contributed by atoms with Crippen molar-refractivity contribution in [2.24, 2.45) is 7.05 Å². The molecule has 0 radical (unpaired) electrons. The molecule has 0 bridgehead atoms. The van der Waals surface area contributed by atoms with Gasteiger partial charge in [-0.15, -0.1) is 0 Å². The predicted octanol–water partition coefficient (Wildman–Crippen LogP) is 4.65. The van der Waals surface area contributed by atoms with Crippen molar-refractivity contribution in [3.05, 3.63) is 32.5 Å². The Morgan fingerprint density at radius 1 is 1.26 bits per heavy atom. The van der Waals surface area contributed by atoms with Gasteiger partial charge >= 0.3 is 0 Å². The van der Waals surface area contributed by atoms with Crippen molar-refractivity contribution in [2.75, 3.05) is 0 Å². The van der Waals surface area contributed by atoms with E-state index < -0.39 is 0 Å². The van der Waals surface area contributed by atoms with Crippen molar-refractivity contribution < 1.29 is 0 Å². The highest BCUT2D eigenvalue weighted by atomic mass is 79.9. The van der Waals surface area contributed by atoms with Crippen LogP contribution in [0.4, 0.5) is 0 Å². The molecule has 0 aliphatic heterocycles. The fourth-order valence-electron chi connectivity index (χ4n) is 2.19. The molecule has 0 spiro atoms. The van der Waals surface area contributed by atoms with Crippen molar-refractivity contribution in [1.29, 1.82) is 0 Å². The van der Waals surface area contributed by atoms with Gasteiger partial charge in [0.2, 0.25) is 0 Å². The minimum absolute atomic E-state index is 0. The molecular weight excluding hydrogens is 322 g/mol. The number of pyridine rings is 1. The van der Waals surface area contributed by atoms with Crippen LogP contribution in [0.3, 0.4) is 0 Å². The van der Waals surface area contributed by atoms with Crippen LogP contribution in [0.25, 0.3) is 11.4 Å². The molecular formula is C14H20BrN3S. The minimum atomic E-state index is 0. The Morgan fingerprint density at radius 2 is 1.89 bits per heavy atom. The second kappa shape index (κ2) is 6.01. The Labute approximate surface area is 128 Å². The van der Waals surface area contributed by atoms with E-state index in [1.54, 1.807) is 0 Å². The van der Waals surface area contributed by atoms with Gasteiger partial charge in [0.25, 0.3) is 0 Å². The Bertz CT molecular complexity index is 655. The van der Waals surface area contributed by atoms with Gasteiger partial charge in [0.15, 0.2) is 0 Å². The summed E-state index contributed by atoms with van der Waals surface area (Å²) in [6.07, 6.45) is 0. The number of halogens is 1. The highest BCUT2D eigenvalue weighted by Gasteiger charge is 2.12. The highest BCUT2D eigenvalue weighted by molar-refractivity contribution is 9.10. The SMILES string of the molecule is C.CCn1nc(-c2c(C)cc(C)c(=S)n2C)cc1Br. The van der Waals surface area contributed by atoms with Crippen molar-refractivity contribution in [2.45, 2.75) is 34.7 Å². The van der Waals surface area contributed by atoms with Gasteiger partial charge < -0.3 is 4.57 Å². The van der Waals surface area contributed by atoms with Gasteiger partial charge in [0.1, 0.15) is 14.9 Å². The minimum Gasteiger partial charge on any atom is -0.333 e. The molecule has 2 heterocycles. The van der Waals surface area contributed by atoms with Crippen LogP contribution in [0.1, 0.15) is 25.5 Å². The van der Waals surface area contributed by atoms with E-state index in [1.807, 2.05) is 29.3 Å². The smallest absolute Gasteiger partial charge is 0.110 e. The molecule has 0 unspecified atom stereocenters. The van der Waals surface area contributed by atoms with Crippen molar-refractivity contribution in [3.63, 3.8) is 0 Å². The van der Waals surface area contributed by atoms with Crippen molar-refractivity contribution in [3.8, 4) is 11.4 Å². The first kappa shape index (κ1) is 16.1. The monoisotopic (exact) mass is 341 g/mol. The van der Waals surface area contributed by atoms with Crippen molar-refractivity contribution >= 4 is 28.1 Å². The van der Waals surface area contributed by atoms with Crippen LogP contribution in [0, 0.1) is 18.5 Å². The first-order chi connectivity index (χ1) is 8.45. The van der Waals surface area contributed by atoms with Gasteiger partial charge in [-0.2, -0.15) is 5.10 Å². The molecule has 104 valence electrons. The summed E-state index contributed by atoms with van der Waals surface area (Å²) in [5.74, 6) is 0. The summed E-state index contributed by atoms with van der Waals surface area (Å²) in [5, 5.41) is 4.59. The predicted molar refractivity (Wildman–Crippen MR) is 87.0 cm³/mol. The van der Waals surface area contributed by atoms with Crippen LogP contribution in [-0.2, 0) is 13.6 Å². The van der Waals surface area contributed by atoms with E-state index in [4.69, 9.17) is 12.2 Å². The number of aryl methyl sites for hydroxylation is 3. The van der Waals surface area contributed by atoms with Gasteiger partial charge in [-0.1, -0.05) is 25.7 Å². The van der Waals surface area contributed by atoms with Gasteiger partial charge in [-0.05, 0) is 47.8 Å². The Balaban J connectivity index is 0.00000180. The summed E-state index contributed by atoms with van der Waals surface area (Å²) in [5.41, 5.74) is 4.35. The van der Waals surface area contributed by atoms with E-state index in [-0.39, 0.29) is 7.43 Å². The standard InChI is InChI=1S/C13H16BrN3S.CH4/c1-5-17-11(14)7-10(15-17)12-8(2)6-9(3)13(18)16(12)4;/h6-7H,5H2,1-4H3;1H4. The number of hydrogen-bond donors (Lipinski definition) is 0. The quantitative estimate of drug-likeness (QED) is 0.741. The molecule has 0 aliphatic rings. The Kier molecular flexibility index (Phi) is 5.10. The molecule has 0 N–H and O–H groups in total. The van der Waals surface area contributed by atoms with E-state index in [0.29, 0.717) is 0 Å². The van der Waals surface area contributed by atoms with E-state index in [2.05, 4.69) is 40.9 Å². The molecule has 0 aliphatic carbocycles. The van der Waals surface area contributed by atoms with Crippen LogP contribution in [0.5, 0.6) is 0 Å². The molecule has 2 aromatic heterocycles. The molecule has 19 heavy (non-hydrogen) atoms. The van der Waals surface area contributed by atoms with Gasteiger partial charge in [-0.25, -0.2) is 0 Å². The molecule has 0 amide bonds. The van der Waals surface area contributed by atoms with Gasteiger partial charge in [-0.3, -0.25) is 4.68 Å². The Morgan fingerprint density at radius 3 is 2.42 bits per heavy atom. The zero-order chi connectivity index (χ0) is 13.4.